The van der Waals surface area contributed by atoms with E-state index < -0.39 is 0 Å². The van der Waals surface area contributed by atoms with E-state index in [4.69, 9.17) is 14.5 Å². The zero-order chi connectivity index (χ0) is 22.5. The van der Waals surface area contributed by atoms with Crippen LogP contribution in [0, 0.1) is 13.8 Å². The molecule has 4 nitrogen and oxygen atoms in total. The molecule has 0 saturated carbocycles. The van der Waals surface area contributed by atoms with Crippen molar-refractivity contribution in [2.24, 2.45) is 0 Å². The average molecular weight is 429 g/mol. The van der Waals surface area contributed by atoms with Crippen LogP contribution in [0.25, 0.3) is 11.0 Å². The highest BCUT2D eigenvalue weighted by Gasteiger charge is 2.12. The van der Waals surface area contributed by atoms with E-state index in [-0.39, 0.29) is 0 Å². The van der Waals surface area contributed by atoms with Crippen LogP contribution in [-0.4, -0.2) is 16.2 Å². The molecular weight excluding hydrogens is 396 g/mol. The van der Waals surface area contributed by atoms with E-state index in [1.165, 1.54) is 16.7 Å². The lowest BCUT2D eigenvalue weighted by molar-refractivity contribution is 0.279. The van der Waals surface area contributed by atoms with Gasteiger partial charge in [0.05, 0.1) is 17.6 Å². The SMILES string of the molecule is Cc1cccc(C)c1OCCCn1c(COc2ccc(C(C)C)cc2)nc2ccccc21. The van der Waals surface area contributed by atoms with E-state index in [1.54, 1.807) is 0 Å². The lowest BCUT2D eigenvalue weighted by Gasteiger charge is -2.14. The first kappa shape index (κ1) is 21.9. The van der Waals surface area contributed by atoms with E-state index in [0.29, 0.717) is 19.1 Å². The number of fused-ring (bicyclic) bond motifs is 1. The number of hydrogen-bond acceptors (Lipinski definition) is 3. The first-order valence-electron chi connectivity index (χ1n) is 11.4. The molecule has 0 saturated heterocycles. The van der Waals surface area contributed by atoms with Crippen LogP contribution >= 0.6 is 0 Å². The van der Waals surface area contributed by atoms with E-state index in [1.807, 2.05) is 18.2 Å². The molecule has 0 aliphatic rings. The van der Waals surface area contributed by atoms with Gasteiger partial charge in [0, 0.05) is 6.54 Å². The monoisotopic (exact) mass is 428 g/mol. The van der Waals surface area contributed by atoms with Gasteiger partial charge in [0.2, 0.25) is 0 Å². The molecule has 0 N–H and O–H groups in total. The molecule has 4 rings (SSSR count). The van der Waals surface area contributed by atoms with Crippen LogP contribution in [-0.2, 0) is 13.2 Å². The van der Waals surface area contributed by atoms with Crippen molar-refractivity contribution < 1.29 is 9.47 Å². The van der Waals surface area contributed by atoms with Gasteiger partial charge in [-0.2, -0.15) is 0 Å². The third kappa shape index (κ3) is 4.96. The summed E-state index contributed by atoms with van der Waals surface area (Å²) < 4.78 is 14.5. The van der Waals surface area contributed by atoms with Gasteiger partial charge in [0.1, 0.15) is 23.9 Å². The van der Waals surface area contributed by atoms with Gasteiger partial charge in [-0.3, -0.25) is 0 Å². The summed E-state index contributed by atoms with van der Waals surface area (Å²) in [6.07, 6.45) is 0.893. The predicted octanol–water partition coefficient (Wildman–Crippen LogP) is 6.82. The number of para-hydroxylation sites is 3. The third-order valence-corrected chi connectivity index (χ3v) is 5.83. The maximum Gasteiger partial charge on any atom is 0.147 e. The van der Waals surface area contributed by atoms with Gasteiger partial charge in [0.25, 0.3) is 0 Å². The summed E-state index contributed by atoms with van der Waals surface area (Å²) in [5.74, 6) is 3.31. The lowest BCUT2D eigenvalue weighted by atomic mass is 10.0. The zero-order valence-corrected chi connectivity index (χ0v) is 19.5. The van der Waals surface area contributed by atoms with Crippen LogP contribution in [0.5, 0.6) is 11.5 Å². The maximum absolute atomic E-state index is 6.11. The highest BCUT2D eigenvalue weighted by Crippen LogP contribution is 2.24. The second-order valence-electron chi connectivity index (χ2n) is 8.60. The van der Waals surface area contributed by atoms with Crippen molar-refractivity contribution >= 4 is 11.0 Å². The molecule has 0 radical (unpaired) electrons. The fraction of sp³-hybridized carbons (Fsp3) is 0.321. The minimum atomic E-state index is 0.438. The normalized spacial score (nSPS) is 11.3. The summed E-state index contributed by atoms with van der Waals surface area (Å²) >= 11 is 0. The molecule has 32 heavy (non-hydrogen) atoms. The number of ether oxygens (including phenoxy) is 2. The first-order valence-corrected chi connectivity index (χ1v) is 11.4. The summed E-state index contributed by atoms with van der Waals surface area (Å²) in [7, 11) is 0. The topological polar surface area (TPSA) is 36.3 Å². The Labute approximate surface area is 190 Å². The number of rotatable bonds is 9. The number of hydrogen-bond donors (Lipinski definition) is 0. The highest BCUT2D eigenvalue weighted by atomic mass is 16.5. The van der Waals surface area contributed by atoms with Crippen LogP contribution in [0.4, 0.5) is 0 Å². The predicted molar refractivity (Wildman–Crippen MR) is 131 cm³/mol. The molecule has 0 fully saturated rings. The van der Waals surface area contributed by atoms with Crippen molar-refractivity contribution in [3.05, 3.63) is 89.2 Å². The Hall–Kier alpha value is -3.27. The van der Waals surface area contributed by atoms with Crippen molar-refractivity contribution in [3.8, 4) is 11.5 Å². The van der Waals surface area contributed by atoms with Crippen LogP contribution in [0.15, 0.2) is 66.7 Å². The molecule has 0 unspecified atom stereocenters. The minimum absolute atomic E-state index is 0.438. The Kier molecular flexibility index (Phi) is 6.79. The Morgan fingerprint density at radius 2 is 1.56 bits per heavy atom. The molecule has 4 heteroatoms. The number of nitrogens with zero attached hydrogens (tertiary/aromatic N) is 2. The Balaban J connectivity index is 1.44. The molecule has 166 valence electrons. The quantitative estimate of drug-likeness (QED) is 0.274. The van der Waals surface area contributed by atoms with Crippen molar-refractivity contribution in [1.82, 2.24) is 9.55 Å². The average Bonchev–Trinajstić information content (AvgIpc) is 3.14. The van der Waals surface area contributed by atoms with E-state index in [2.05, 4.69) is 80.8 Å². The van der Waals surface area contributed by atoms with Crippen molar-refractivity contribution in [2.45, 2.75) is 53.2 Å². The third-order valence-electron chi connectivity index (χ3n) is 5.83. The standard InChI is InChI=1S/C28H32N2O2/c1-20(2)23-13-15-24(16-14-23)32-19-27-29-25-11-5-6-12-26(25)30(27)17-8-18-31-28-21(3)9-7-10-22(28)4/h5-7,9-16,20H,8,17-19H2,1-4H3. The van der Waals surface area contributed by atoms with Crippen molar-refractivity contribution in [1.29, 1.82) is 0 Å². The molecular formula is C28H32N2O2. The van der Waals surface area contributed by atoms with Gasteiger partial charge in [-0.1, -0.05) is 56.3 Å². The van der Waals surface area contributed by atoms with E-state index in [0.717, 1.165) is 41.3 Å². The minimum Gasteiger partial charge on any atom is -0.493 e. The summed E-state index contributed by atoms with van der Waals surface area (Å²) in [6, 6.07) is 22.9. The molecule has 0 aliphatic carbocycles. The van der Waals surface area contributed by atoms with Crippen molar-refractivity contribution in [2.75, 3.05) is 6.61 Å². The molecule has 3 aromatic carbocycles. The second kappa shape index (κ2) is 9.90. The molecule has 1 heterocycles. The molecule has 4 aromatic rings. The number of aryl methyl sites for hydroxylation is 3. The van der Waals surface area contributed by atoms with E-state index >= 15 is 0 Å². The molecule has 0 amide bonds. The Bertz CT molecular complexity index is 1160. The van der Waals surface area contributed by atoms with Crippen LogP contribution in [0.3, 0.4) is 0 Å². The fourth-order valence-corrected chi connectivity index (χ4v) is 4.01. The van der Waals surface area contributed by atoms with Crippen molar-refractivity contribution in [3.63, 3.8) is 0 Å². The van der Waals surface area contributed by atoms with Gasteiger partial charge in [-0.25, -0.2) is 4.98 Å². The number of aromatic nitrogens is 2. The summed E-state index contributed by atoms with van der Waals surface area (Å²) in [4.78, 5) is 4.84. The highest BCUT2D eigenvalue weighted by molar-refractivity contribution is 5.75. The van der Waals surface area contributed by atoms with Gasteiger partial charge >= 0.3 is 0 Å². The van der Waals surface area contributed by atoms with Crippen LogP contribution in [0.1, 0.15) is 48.7 Å². The van der Waals surface area contributed by atoms with E-state index in [9.17, 15) is 0 Å². The molecule has 0 atom stereocenters. The summed E-state index contributed by atoms with van der Waals surface area (Å²) in [6.45, 7) is 10.5. The van der Waals surface area contributed by atoms with Crippen LogP contribution < -0.4 is 9.47 Å². The fourth-order valence-electron chi connectivity index (χ4n) is 4.01. The number of benzene rings is 3. The molecule has 0 bridgehead atoms. The smallest absolute Gasteiger partial charge is 0.147 e. The second-order valence-corrected chi connectivity index (χ2v) is 8.60. The van der Waals surface area contributed by atoms with Gasteiger partial charge < -0.3 is 14.0 Å². The van der Waals surface area contributed by atoms with Crippen LogP contribution in [0.2, 0.25) is 0 Å². The number of imidazole rings is 1. The van der Waals surface area contributed by atoms with Gasteiger partial charge in [-0.15, -0.1) is 0 Å². The maximum atomic E-state index is 6.11. The summed E-state index contributed by atoms with van der Waals surface area (Å²) in [5.41, 5.74) is 5.80. The lowest BCUT2D eigenvalue weighted by Crippen LogP contribution is -2.10. The van der Waals surface area contributed by atoms with Gasteiger partial charge in [-0.05, 0) is 67.1 Å². The Morgan fingerprint density at radius 1 is 0.844 bits per heavy atom. The van der Waals surface area contributed by atoms with Gasteiger partial charge in [0.15, 0.2) is 0 Å². The molecule has 1 aromatic heterocycles. The molecule has 0 aliphatic heterocycles. The Morgan fingerprint density at radius 3 is 2.28 bits per heavy atom. The molecule has 0 spiro atoms. The first-order chi connectivity index (χ1) is 15.5. The summed E-state index contributed by atoms with van der Waals surface area (Å²) in [5, 5.41) is 0. The zero-order valence-electron chi connectivity index (χ0n) is 19.5. The largest absolute Gasteiger partial charge is 0.493 e.